The summed E-state index contributed by atoms with van der Waals surface area (Å²) in [5.41, 5.74) is 4.52. The van der Waals surface area contributed by atoms with Gasteiger partial charge >= 0.3 is 0 Å². The molecule has 1 N–H and O–H groups in total. The number of methoxy groups -OCH3 is 1. The highest BCUT2D eigenvalue weighted by molar-refractivity contribution is 7.14. The first kappa shape index (κ1) is 15.9. The minimum atomic E-state index is 0.637. The van der Waals surface area contributed by atoms with Crippen LogP contribution in [-0.4, -0.2) is 21.5 Å². The van der Waals surface area contributed by atoms with Crippen LogP contribution >= 0.6 is 22.9 Å². The zero-order chi connectivity index (χ0) is 17.4. The second-order valence-corrected chi connectivity index (χ2v) is 6.78. The van der Waals surface area contributed by atoms with Crippen LogP contribution in [0.5, 0.6) is 5.75 Å². The lowest BCUT2D eigenvalue weighted by Gasteiger charge is -2.09. The molecule has 0 unspecified atom stereocenters. The summed E-state index contributed by atoms with van der Waals surface area (Å²) in [5.74, 6) is 0.715. The molecule has 0 fully saturated rings. The van der Waals surface area contributed by atoms with E-state index in [0.29, 0.717) is 10.8 Å². The number of imidazole rings is 1. The zero-order valence-corrected chi connectivity index (χ0v) is 15.2. The number of pyridine rings is 1. The molecular weight excluding hydrogens is 356 g/mol. The van der Waals surface area contributed by atoms with Gasteiger partial charge in [0.15, 0.2) is 5.13 Å². The van der Waals surface area contributed by atoms with Crippen LogP contribution in [0.4, 0.5) is 10.8 Å². The Bertz CT molecular complexity index is 1060. The molecule has 1 aromatic carbocycles. The molecule has 0 amide bonds. The number of anilines is 2. The number of benzene rings is 1. The molecule has 7 heteroatoms. The van der Waals surface area contributed by atoms with Gasteiger partial charge in [-0.15, -0.1) is 11.3 Å². The summed E-state index contributed by atoms with van der Waals surface area (Å²) in [5, 5.41) is 6.70. The van der Waals surface area contributed by atoms with Gasteiger partial charge in [0, 0.05) is 16.6 Å². The fourth-order valence-electron chi connectivity index (χ4n) is 2.76. The third-order valence-corrected chi connectivity index (χ3v) is 4.85. The number of nitrogens with zero attached hydrogens (tertiary/aromatic N) is 3. The van der Waals surface area contributed by atoms with Crippen molar-refractivity contribution < 1.29 is 4.74 Å². The van der Waals surface area contributed by atoms with Crippen molar-refractivity contribution in [3.05, 3.63) is 58.7 Å². The monoisotopic (exact) mass is 370 g/mol. The summed E-state index contributed by atoms with van der Waals surface area (Å²) in [6, 6.07) is 11.4. The van der Waals surface area contributed by atoms with Crippen molar-refractivity contribution in [2.45, 2.75) is 6.92 Å². The predicted molar refractivity (Wildman–Crippen MR) is 102 cm³/mol. The van der Waals surface area contributed by atoms with E-state index in [1.807, 2.05) is 53.2 Å². The van der Waals surface area contributed by atoms with E-state index in [4.69, 9.17) is 21.3 Å². The summed E-state index contributed by atoms with van der Waals surface area (Å²) in [6.07, 6.45) is 2.00. The zero-order valence-electron chi connectivity index (χ0n) is 13.7. The van der Waals surface area contributed by atoms with Crippen molar-refractivity contribution in [2.24, 2.45) is 0 Å². The number of halogens is 1. The Morgan fingerprint density at radius 3 is 2.92 bits per heavy atom. The van der Waals surface area contributed by atoms with Gasteiger partial charge < -0.3 is 10.1 Å². The van der Waals surface area contributed by atoms with Crippen molar-refractivity contribution in [3.63, 3.8) is 0 Å². The van der Waals surface area contributed by atoms with Crippen LogP contribution in [0.15, 0.2) is 48.0 Å². The molecule has 0 saturated carbocycles. The maximum atomic E-state index is 6.09. The molecule has 126 valence electrons. The largest absolute Gasteiger partial charge is 0.495 e. The predicted octanol–water partition coefficient (Wildman–Crippen LogP) is 5.17. The van der Waals surface area contributed by atoms with Crippen molar-refractivity contribution in [1.82, 2.24) is 14.4 Å². The van der Waals surface area contributed by atoms with Gasteiger partial charge in [0.2, 0.25) is 0 Å². The second-order valence-electron chi connectivity index (χ2n) is 5.48. The maximum absolute atomic E-state index is 6.09. The van der Waals surface area contributed by atoms with Gasteiger partial charge in [-0.05, 0) is 37.3 Å². The fourth-order valence-corrected chi connectivity index (χ4v) is 3.63. The van der Waals surface area contributed by atoms with Crippen LogP contribution < -0.4 is 10.1 Å². The number of aryl methyl sites for hydroxylation is 1. The highest BCUT2D eigenvalue weighted by Crippen LogP contribution is 2.34. The van der Waals surface area contributed by atoms with Gasteiger partial charge in [-0.1, -0.05) is 17.7 Å². The molecule has 0 saturated heterocycles. The Labute approximate surface area is 153 Å². The van der Waals surface area contributed by atoms with E-state index in [1.165, 1.54) is 11.3 Å². The van der Waals surface area contributed by atoms with E-state index in [9.17, 15) is 0 Å². The maximum Gasteiger partial charge on any atom is 0.187 e. The van der Waals surface area contributed by atoms with Crippen LogP contribution in [0.3, 0.4) is 0 Å². The average Bonchev–Trinajstić information content (AvgIpc) is 3.18. The van der Waals surface area contributed by atoms with Crippen LogP contribution in [0.1, 0.15) is 5.69 Å². The Balaban J connectivity index is 1.71. The van der Waals surface area contributed by atoms with Gasteiger partial charge in [-0.2, -0.15) is 0 Å². The van der Waals surface area contributed by atoms with E-state index in [-0.39, 0.29) is 0 Å². The van der Waals surface area contributed by atoms with Crippen molar-refractivity contribution >= 4 is 39.4 Å². The number of aromatic nitrogens is 3. The Kier molecular flexibility index (Phi) is 4.07. The number of ether oxygens (including phenoxy) is 1. The summed E-state index contributed by atoms with van der Waals surface area (Å²) in [7, 11) is 1.63. The minimum absolute atomic E-state index is 0.637. The van der Waals surface area contributed by atoms with Crippen LogP contribution in [-0.2, 0) is 0 Å². The Hall–Kier alpha value is -2.57. The quantitative estimate of drug-likeness (QED) is 0.538. The molecule has 0 atom stereocenters. The summed E-state index contributed by atoms with van der Waals surface area (Å²) < 4.78 is 7.42. The van der Waals surface area contributed by atoms with Crippen LogP contribution in [0.2, 0.25) is 5.02 Å². The summed E-state index contributed by atoms with van der Waals surface area (Å²) >= 11 is 7.61. The highest BCUT2D eigenvalue weighted by Gasteiger charge is 2.14. The summed E-state index contributed by atoms with van der Waals surface area (Å²) in [4.78, 5) is 9.30. The van der Waals surface area contributed by atoms with Gasteiger partial charge in [0.25, 0.3) is 0 Å². The van der Waals surface area contributed by atoms with Gasteiger partial charge in [-0.25, -0.2) is 9.97 Å². The molecule has 5 nitrogen and oxygen atoms in total. The topological polar surface area (TPSA) is 51.5 Å². The number of hydrogen-bond acceptors (Lipinski definition) is 5. The Morgan fingerprint density at radius 2 is 2.08 bits per heavy atom. The molecule has 4 aromatic rings. The van der Waals surface area contributed by atoms with E-state index in [2.05, 4.69) is 10.3 Å². The lowest BCUT2D eigenvalue weighted by atomic mass is 10.3. The second kappa shape index (κ2) is 6.38. The number of fused-ring (bicyclic) bond motifs is 1. The van der Waals surface area contributed by atoms with Crippen LogP contribution in [0.25, 0.3) is 17.0 Å². The molecule has 0 spiro atoms. The first-order valence-corrected chi connectivity index (χ1v) is 8.91. The van der Waals surface area contributed by atoms with E-state index in [0.717, 1.165) is 33.5 Å². The Morgan fingerprint density at radius 1 is 1.20 bits per heavy atom. The average molecular weight is 371 g/mol. The van der Waals surface area contributed by atoms with Gasteiger partial charge in [0.05, 0.1) is 24.2 Å². The van der Waals surface area contributed by atoms with E-state index < -0.39 is 0 Å². The SMILES string of the molecule is COc1ccc(Cl)cc1Nc1nc(-c2c(C)nc3ccccn23)cs1. The molecule has 3 heterocycles. The molecule has 0 aliphatic rings. The number of hydrogen-bond donors (Lipinski definition) is 1. The van der Waals surface area contributed by atoms with Crippen molar-refractivity contribution in [2.75, 3.05) is 12.4 Å². The highest BCUT2D eigenvalue weighted by atomic mass is 35.5. The molecule has 25 heavy (non-hydrogen) atoms. The molecule has 0 aliphatic heterocycles. The molecule has 0 bridgehead atoms. The first-order chi connectivity index (χ1) is 12.2. The lowest BCUT2D eigenvalue weighted by molar-refractivity contribution is 0.417. The third-order valence-electron chi connectivity index (χ3n) is 3.85. The number of thiazole rings is 1. The van der Waals surface area contributed by atoms with Crippen LogP contribution in [0, 0.1) is 6.92 Å². The third kappa shape index (κ3) is 2.94. The van der Waals surface area contributed by atoms with Crippen molar-refractivity contribution in [3.8, 4) is 17.1 Å². The fraction of sp³-hybridized carbons (Fsp3) is 0.111. The lowest BCUT2D eigenvalue weighted by Crippen LogP contribution is -1.95. The number of rotatable bonds is 4. The van der Waals surface area contributed by atoms with Gasteiger partial charge in [-0.3, -0.25) is 4.40 Å². The molecular formula is C18H15ClN4OS. The van der Waals surface area contributed by atoms with Crippen molar-refractivity contribution in [1.29, 1.82) is 0 Å². The minimum Gasteiger partial charge on any atom is -0.495 e. The molecule has 0 aliphatic carbocycles. The summed E-state index contributed by atoms with van der Waals surface area (Å²) in [6.45, 7) is 1.99. The van der Waals surface area contributed by atoms with E-state index in [1.54, 1.807) is 13.2 Å². The number of nitrogens with one attached hydrogen (secondary N) is 1. The molecule has 3 aromatic heterocycles. The molecule has 4 rings (SSSR count). The standard InChI is InChI=1S/C18H15ClN4OS/c1-11-17(23-8-4-3-5-16(23)20-11)14-10-25-18(22-14)21-13-9-12(19)6-7-15(13)24-2/h3-10H,1-2H3,(H,21,22). The normalized spacial score (nSPS) is 11.0. The van der Waals surface area contributed by atoms with E-state index >= 15 is 0 Å². The first-order valence-electron chi connectivity index (χ1n) is 7.66. The smallest absolute Gasteiger partial charge is 0.187 e. The van der Waals surface area contributed by atoms with Gasteiger partial charge in [0.1, 0.15) is 17.1 Å². The molecule has 0 radical (unpaired) electrons.